The molecule has 0 atom stereocenters. The summed E-state index contributed by atoms with van der Waals surface area (Å²) in [6.07, 6.45) is -5.08. The fourth-order valence-electron chi connectivity index (χ4n) is 2.67. The van der Waals surface area contributed by atoms with Gasteiger partial charge in [0.25, 0.3) is 5.91 Å². The van der Waals surface area contributed by atoms with Crippen molar-refractivity contribution in [3.8, 4) is 0 Å². The summed E-state index contributed by atoms with van der Waals surface area (Å²) < 4.78 is 37.1. The van der Waals surface area contributed by atoms with E-state index >= 15 is 0 Å². The molecule has 0 aromatic heterocycles. The quantitative estimate of drug-likeness (QED) is 0.617. The normalized spacial score (nSPS) is 13.6. The van der Waals surface area contributed by atoms with Gasteiger partial charge in [-0.25, -0.2) is 9.59 Å². The van der Waals surface area contributed by atoms with Crippen molar-refractivity contribution in [3.05, 3.63) is 58.6 Å². The number of benzene rings is 2. The van der Waals surface area contributed by atoms with Crippen molar-refractivity contribution >= 4 is 40.8 Å². The van der Waals surface area contributed by atoms with Crippen LogP contribution in [0.1, 0.15) is 20.7 Å². The van der Waals surface area contributed by atoms with Crippen molar-refractivity contribution in [2.45, 2.75) is 6.18 Å². The predicted molar refractivity (Wildman–Crippen MR) is 110 cm³/mol. The first-order chi connectivity index (χ1) is 15.0. The summed E-state index contributed by atoms with van der Waals surface area (Å²) in [5.41, 5.74) is 1.73. The van der Waals surface area contributed by atoms with Gasteiger partial charge in [0.15, 0.2) is 0 Å². The number of morpholine rings is 1. The Balaban J connectivity index is 0.000000451. The number of hydrogen-bond donors (Lipinski definition) is 3. The highest BCUT2D eigenvalue weighted by Gasteiger charge is 2.38. The average Bonchev–Trinajstić information content (AvgIpc) is 2.74. The largest absolute Gasteiger partial charge is 0.490 e. The lowest BCUT2D eigenvalue weighted by molar-refractivity contribution is -0.192. The van der Waals surface area contributed by atoms with E-state index in [9.17, 15) is 27.9 Å². The van der Waals surface area contributed by atoms with Crippen LogP contribution in [-0.4, -0.2) is 60.5 Å². The molecule has 0 spiro atoms. The summed E-state index contributed by atoms with van der Waals surface area (Å²) in [5.74, 6) is -4.15. The molecule has 1 heterocycles. The standard InChI is InChI=1S/C18H17ClN2O4.C2HF3O2/c19-14-3-1-2-12(10-14)17(22)20-15-11-13(18(23)24)4-5-16(15)21-6-8-25-9-7-21;3-2(4,5)1(6)7/h1-5,10-11H,6-9H2,(H,20,22)(H,23,24);(H,6,7). The van der Waals surface area contributed by atoms with Gasteiger partial charge >= 0.3 is 18.1 Å². The Kier molecular flexibility index (Phi) is 8.44. The molecule has 8 nitrogen and oxygen atoms in total. The molecule has 1 aliphatic heterocycles. The molecule has 32 heavy (non-hydrogen) atoms. The van der Waals surface area contributed by atoms with Crippen molar-refractivity contribution in [1.29, 1.82) is 0 Å². The topological polar surface area (TPSA) is 116 Å². The van der Waals surface area contributed by atoms with Crippen LogP contribution in [0.25, 0.3) is 0 Å². The fourth-order valence-corrected chi connectivity index (χ4v) is 2.86. The number of alkyl halides is 3. The van der Waals surface area contributed by atoms with Crippen molar-refractivity contribution < 1.29 is 42.5 Å². The van der Waals surface area contributed by atoms with E-state index in [1.165, 1.54) is 12.1 Å². The number of rotatable bonds is 4. The minimum atomic E-state index is -5.08. The van der Waals surface area contributed by atoms with Gasteiger partial charge in [0.05, 0.1) is 30.2 Å². The minimum Gasteiger partial charge on any atom is -0.478 e. The lowest BCUT2D eigenvalue weighted by Gasteiger charge is -2.30. The van der Waals surface area contributed by atoms with Gasteiger partial charge in [0, 0.05) is 23.7 Å². The molecule has 2 aromatic carbocycles. The SMILES string of the molecule is O=C(O)C(F)(F)F.O=C(O)c1ccc(N2CCOCC2)c(NC(=O)c2cccc(Cl)c2)c1. The molecule has 0 radical (unpaired) electrons. The number of nitrogens with one attached hydrogen (secondary N) is 1. The number of nitrogens with zero attached hydrogens (tertiary/aromatic N) is 1. The minimum absolute atomic E-state index is 0.110. The predicted octanol–water partition coefficient (Wildman–Crippen LogP) is 3.76. The van der Waals surface area contributed by atoms with E-state index in [4.69, 9.17) is 26.2 Å². The monoisotopic (exact) mass is 474 g/mol. The molecule has 1 saturated heterocycles. The van der Waals surface area contributed by atoms with Crippen molar-refractivity contribution in [1.82, 2.24) is 0 Å². The molecule has 2 aromatic rings. The Hall–Kier alpha value is -3.31. The zero-order valence-corrected chi connectivity index (χ0v) is 17.1. The van der Waals surface area contributed by atoms with E-state index in [0.29, 0.717) is 42.6 Å². The maximum Gasteiger partial charge on any atom is 0.490 e. The molecular formula is C20H18ClF3N2O6. The van der Waals surface area contributed by atoms with Crippen molar-refractivity contribution in [2.24, 2.45) is 0 Å². The fraction of sp³-hybridized carbons (Fsp3) is 0.250. The Bertz CT molecular complexity index is 994. The van der Waals surface area contributed by atoms with E-state index in [1.807, 2.05) is 0 Å². The van der Waals surface area contributed by atoms with E-state index in [2.05, 4.69) is 10.2 Å². The third kappa shape index (κ3) is 7.13. The van der Waals surface area contributed by atoms with Gasteiger partial charge in [0.2, 0.25) is 0 Å². The molecule has 172 valence electrons. The van der Waals surface area contributed by atoms with Crippen LogP contribution in [0.5, 0.6) is 0 Å². The van der Waals surface area contributed by atoms with Crippen LogP contribution in [0, 0.1) is 0 Å². The number of hydrogen-bond acceptors (Lipinski definition) is 5. The Morgan fingerprint density at radius 2 is 1.62 bits per heavy atom. The summed E-state index contributed by atoms with van der Waals surface area (Å²) in [6, 6.07) is 11.3. The second kappa shape index (κ2) is 10.8. The van der Waals surface area contributed by atoms with Gasteiger partial charge in [-0.05, 0) is 36.4 Å². The molecule has 1 aliphatic rings. The van der Waals surface area contributed by atoms with Gasteiger partial charge < -0.3 is 25.2 Å². The van der Waals surface area contributed by atoms with Crippen LogP contribution in [0.4, 0.5) is 24.5 Å². The summed E-state index contributed by atoms with van der Waals surface area (Å²) in [6.45, 7) is 2.52. The molecule has 0 bridgehead atoms. The second-order valence-electron chi connectivity index (χ2n) is 6.40. The number of carboxylic acids is 2. The van der Waals surface area contributed by atoms with Crippen LogP contribution < -0.4 is 10.2 Å². The molecule has 1 fully saturated rings. The zero-order chi connectivity index (χ0) is 23.9. The number of ether oxygens (including phenoxy) is 1. The zero-order valence-electron chi connectivity index (χ0n) is 16.4. The molecule has 0 saturated carbocycles. The van der Waals surface area contributed by atoms with Gasteiger partial charge in [-0.2, -0.15) is 13.2 Å². The number of carbonyl (C=O) groups excluding carboxylic acids is 1. The summed E-state index contributed by atoms with van der Waals surface area (Å²) in [7, 11) is 0. The molecule has 1 amide bonds. The Labute approximate surface area is 185 Å². The third-order valence-electron chi connectivity index (χ3n) is 4.17. The van der Waals surface area contributed by atoms with Gasteiger partial charge in [-0.3, -0.25) is 4.79 Å². The van der Waals surface area contributed by atoms with Crippen LogP contribution in [-0.2, 0) is 9.53 Å². The summed E-state index contributed by atoms with van der Waals surface area (Å²) >= 11 is 5.93. The highest BCUT2D eigenvalue weighted by atomic mass is 35.5. The third-order valence-corrected chi connectivity index (χ3v) is 4.41. The number of amides is 1. The maximum atomic E-state index is 12.5. The first-order valence-corrected chi connectivity index (χ1v) is 9.44. The molecule has 12 heteroatoms. The highest BCUT2D eigenvalue weighted by Crippen LogP contribution is 2.29. The Morgan fingerprint density at radius 1 is 1.00 bits per heavy atom. The van der Waals surface area contributed by atoms with Crippen LogP contribution in [0.2, 0.25) is 5.02 Å². The lowest BCUT2D eigenvalue weighted by atomic mass is 10.1. The number of halogens is 4. The molecule has 0 unspecified atom stereocenters. The van der Waals surface area contributed by atoms with Crippen LogP contribution >= 0.6 is 11.6 Å². The van der Waals surface area contributed by atoms with Gasteiger partial charge in [-0.15, -0.1) is 0 Å². The number of aliphatic carboxylic acids is 1. The first kappa shape index (κ1) is 25.0. The highest BCUT2D eigenvalue weighted by molar-refractivity contribution is 6.31. The van der Waals surface area contributed by atoms with E-state index < -0.39 is 18.1 Å². The smallest absolute Gasteiger partial charge is 0.478 e. The van der Waals surface area contributed by atoms with Gasteiger partial charge in [-0.1, -0.05) is 17.7 Å². The summed E-state index contributed by atoms with van der Waals surface area (Å²) in [4.78, 5) is 34.8. The number of carboxylic acid groups (broad SMARTS) is 2. The van der Waals surface area contributed by atoms with E-state index in [1.54, 1.807) is 30.3 Å². The number of anilines is 2. The molecular weight excluding hydrogens is 457 g/mol. The first-order valence-electron chi connectivity index (χ1n) is 9.06. The lowest BCUT2D eigenvalue weighted by Crippen LogP contribution is -2.36. The Morgan fingerprint density at radius 3 is 2.16 bits per heavy atom. The molecule has 0 aliphatic carbocycles. The molecule has 3 rings (SSSR count). The maximum absolute atomic E-state index is 12.5. The number of carbonyl (C=O) groups is 3. The van der Waals surface area contributed by atoms with Crippen molar-refractivity contribution in [2.75, 3.05) is 36.5 Å². The van der Waals surface area contributed by atoms with Gasteiger partial charge in [0.1, 0.15) is 0 Å². The summed E-state index contributed by atoms with van der Waals surface area (Å²) in [5, 5.41) is 19.6. The van der Waals surface area contributed by atoms with Crippen LogP contribution in [0.3, 0.4) is 0 Å². The second-order valence-corrected chi connectivity index (χ2v) is 6.84. The average molecular weight is 475 g/mol. The van der Waals surface area contributed by atoms with E-state index in [-0.39, 0.29) is 11.5 Å². The number of aromatic carboxylic acids is 1. The van der Waals surface area contributed by atoms with Crippen LogP contribution in [0.15, 0.2) is 42.5 Å². The molecule has 3 N–H and O–H groups in total. The van der Waals surface area contributed by atoms with E-state index in [0.717, 1.165) is 5.69 Å². The van der Waals surface area contributed by atoms with Crippen molar-refractivity contribution in [3.63, 3.8) is 0 Å².